The molecule has 0 aliphatic heterocycles. The minimum atomic E-state index is -1.10. The number of carboxylic acids is 1. The van der Waals surface area contributed by atoms with Gasteiger partial charge in [-0.25, -0.2) is 4.79 Å². The van der Waals surface area contributed by atoms with Crippen molar-refractivity contribution in [3.8, 4) is 0 Å². The van der Waals surface area contributed by atoms with E-state index < -0.39 is 16.8 Å². The van der Waals surface area contributed by atoms with Gasteiger partial charge in [-0.15, -0.1) is 0 Å². The molecule has 2 saturated carbocycles. The van der Waals surface area contributed by atoms with Crippen LogP contribution in [0.25, 0.3) is 0 Å². The first kappa shape index (κ1) is 11.9. The molecule has 0 radical (unpaired) electrons. The van der Waals surface area contributed by atoms with E-state index in [1.165, 1.54) is 0 Å². The second kappa shape index (κ2) is 4.19. The zero-order valence-corrected chi connectivity index (χ0v) is 11.1. The number of aromatic carboxylic acids is 1. The Labute approximate surface area is 109 Å². The number of hydrogen-bond acceptors (Lipinski definition) is 2. The lowest BCUT2D eigenvalue weighted by molar-refractivity contribution is 0.0695. The van der Waals surface area contributed by atoms with Crippen molar-refractivity contribution in [1.29, 1.82) is 0 Å². The van der Waals surface area contributed by atoms with Gasteiger partial charge in [0.15, 0.2) is 0 Å². The summed E-state index contributed by atoms with van der Waals surface area (Å²) in [4.78, 5) is 12.1. The Morgan fingerprint density at radius 1 is 1.22 bits per heavy atom. The van der Waals surface area contributed by atoms with Crippen LogP contribution < -0.4 is 0 Å². The molecule has 1 N–H and O–H groups in total. The summed E-state index contributed by atoms with van der Waals surface area (Å²) in [5.74, 6) is -0.0797. The van der Waals surface area contributed by atoms with E-state index in [0.717, 1.165) is 41.7 Å². The molecular formula is C14H16O3S. The average Bonchev–Trinajstić information content (AvgIpc) is 3.16. The largest absolute Gasteiger partial charge is 0.478 e. The normalized spacial score (nSPS) is 20.7. The average molecular weight is 264 g/mol. The molecule has 0 unspecified atom stereocenters. The number of rotatable bonds is 4. The van der Waals surface area contributed by atoms with Gasteiger partial charge < -0.3 is 5.11 Å². The Morgan fingerprint density at radius 2 is 1.83 bits per heavy atom. The third kappa shape index (κ3) is 1.99. The molecule has 2 fully saturated rings. The SMILES string of the molecule is C[S@@](=O)c1c(C2CC2)ccc(C(=O)O)c1C1CC1. The first-order valence-electron chi connectivity index (χ1n) is 6.33. The lowest BCUT2D eigenvalue weighted by Crippen LogP contribution is -2.08. The van der Waals surface area contributed by atoms with Crippen LogP contribution in [0.3, 0.4) is 0 Å². The van der Waals surface area contributed by atoms with Crippen LogP contribution in [0, 0.1) is 0 Å². The van der Waals surface area contributed by atoms with Gasteiger partial charge >= 0.3 is 5.97 Å². The Kier molecular flexibility index (Phi) is 2.77. The Balaban J connectivity index is 2.22. The summed E-state index contributed by atoms with van der Waals surface area (Å²) in [5.41, 5.74) is 2.34. The van der Waals surface area contributed by atoms with E-state index in [0.29, 0.717) is 17.4 Å². The molecule has 0 aromatic heterocycles. The zero-order chi connectivity index (χ0) is 12.9. The molecule has 1 aromatic rings. The van der Waals surface area contributed by atoms with Gasteiger partial charge in [0, 0.05) is 11.2 Å². The third-order valence-electron chi connectivity index (χ3n) is 3.75. The highest BCUT2D eigenvalue weighted by molar-refractivity contribution is 7.84. The highest BCUT2D eigenvalue weighted by atomic mass is 32.2. The molecule has 1 aromatic carbocycles. The predicted molar refractivity (Wildman–Crippen MR) is 69.7 cm³/mol. The van der Waals surface area contributed by atoms with E-state index in [1.54, 1.807) is 12.3 Å². The number of benzene rings is 1. The van der Waals surface area contributed by atoms with Gasteiger partial charge in [0.1, 0.15) is 0 Å². The van der Waals surface area contributed by atoms with Crippen LogP contribution >= 0.6 is 0 Å². The van der Waals surface area contributed by atoms with Crippen molar-refractivity contribution in [3.05, 3.63) is 28.8 Å². The van der Waals surface area contributed by atoms with Crippen molar-refractivity contribution >= 4 is 16.8 Å². The second-order valence-corrected chi connectivity index (χ2v) is 6.57. The number of carboxylic acid groups (broad SMARTS) is 1. The highest BCUT2D eigenvalue weighted by Crippen LogP contribution is 2.49. The van der Waals surface area contributed by atoms with Crippen LogP contribution in [-0.2, 0) is 10.8 Å². The second-order valence-electron chi connectivity index (χ2n) is 5.25. The molecule has 0 saturated heterocycles. The molecule has 0 amide bonds. The van der Waals surface area contributed by atoms with Crippen LogP contribution in [0.1, 0.15) is 59.0 Å². The van der Waals surface area contributed by atoms with E-state index in [2.05, 4.69) is 0 Å². The van der Waals surface area contributed by atoms with Gasteiger partial charge in [-0.2, -0.15) is 0 Å². The van der Waals surface area contributed by atoms with Crippen molar-refractivity contribution in [2.24, 2.45) is 0 Å². The molecule has 3 rings (SSSR count). The van der Waals surface area contributed by atoms with Crippen molar-refractivity contribution in [1.82, 2.24) is 0 Å². The van der Waals surface area contributed by atoms with E-state index >= 15 is 0 Å². The minimum absolute atomic E-state index is 0.314. The van der Waals surface area contributed by atoms with Crippen molar-refractivity contribution in [2.75, 3.05) is 6.26 Å². The molecule has 0 heterocycles. The lowest BCUT2D eigenvalue weighted by atomic mass is 9.98. The molecule has 3 nitrogen and oxygen atoms in total. The van der Waals surface area contributed by atoms with Crippen LogP contribution in [0.15, 0.2) is 17.0 Å². The Morgan fingerprint density at radius 3 is 2.28 bits per heavy atom. The maximum atomic E-state index is 12.0. The summed E-state index contributed by atoms with van der Waals surface area (Å²) in [7, 11) is -1.10. The lowest BCUT2D eigenvalue weighted by Gasteiger charge is -2.15. The van der Waals surface area contributed by atoms with E-state index in [1.807, 2.05) is 6.07 Å². The van der Waals surface area contributed by atoms with E-state index in [-0.39, 0.29) is 0 Å². The molecular weight excluding hydrogens is 248 g/mol. The van der Waals surface area contributed by atoms with Crippen LogP contribution in [0.5, 0.6) is 0 Å². The Bertz CT molecular complexity index is 542. The van der Waals surface area contributed by atoms with Gasteiger partial charge in [-0.05, 0) is 54.7 Å². The quantitative estimate of drug-likeness (QED) is 0.909. The minimum Gasteiger partial charge on any atom is -0.478 e. The van der Waals surface area contributed by atoms with Gasteiger partial charge in [0.2, 0.25) is 0 Å². The maximum Gasteiger partial charge on any atom is 0.336 e. The van der Waals surface area contributed by atoms with Crippen LogP contribution in [-0.4, -0.2) is 21.5 Å². The standard InChI is InChI=1S/C14H16O3S/c1-18(17)13-10(8-2-3-8)6-7-11(14(15)16)12(13)9-4-5-9/h6-9H,2-5H2,1H3,(H,15,16)/t18-/m1/s1. The summed E-state index contributed by atoms with van der Waals surface area (Å²) in [5, 5.41) is 9.29. The number of hydrogen-bond donors (Lipinski definition) is 1. The molecule has 2 aliphatic rings. The monoisotopic (exact) mass is 264 g/mol. The molecule has 1 atom stereocenters. The molecule has 0 bridgehead atoms. The van der Waals surface area contributed by atoms with Gasteiger partial charge in [-0.3, -0.25) is 4.21 Å². The highest BCUT2D eigenvalue weighted by Gasteiger charge is 2.36. The zero-order valence-electron chi connectivity index (χ0n) is 10.3. The fraction of sp³-hybridized carbons (Fsp3) is 0.500. The van der Waals surface area contributed by atoms with E-state index in [9.17, 15) is 14.1 Å². The molecule has 4 heteroatoms. The van der Waals surface area contributed by atoms with Crippen LogP contribution in [0.2, 0.25) is 0 Å². The smallest absolute Gasteiger partial charge is 0.336 e. The van der Waals surface area contributed by atoms with Gasteiger partial charge in [-0.1, -0.05) is 6.07 Å². The van der Waals surface area contributed by atoms with Crippen molar-refractivity contribution < 1.29 is 14.1 Å². The molecule has 96 valence electrons. The third-order valence-corrected chi connectivity index (χ3v) is 4.78. The van der Waals surface area contributed by atoms with Crippen molar-refractivity contribution in [2.45, 2.75) is 42.4 Å². The Hall–Kier alpha value is -1.16. The first-order valence-corrected chi connectivity index (χ1v) is 7.89. The van der Waals surface area contributed by atoms with Gasteiger partial charge in [0.25, 0.3) is 0 Å². The number of carbonyl (C=O) groups is 1. The first-order chi connectivity index (χ1) is 8.59. The maximum absolute atomic E-state index is 12.0. The molecule has 18 heavy (non-hydrogen) atoms. The predicted octanol–water partition coefficient (Wildman–Crippen LogP) is 2.88. The summed E-state index contributed by atoms with van der Waals surface area (Å²) in [6.45, 7) is 0. The summed E-state index contributed by atoms with van der Waals surface area (Å²) < 4.78 is 12.0. The fourth-order valence-electron chi connectivity index (χ4n) is 2.62. The van der Waals surface area contributed by atoms with Crippen LogP contribution in [0.4, 0.5) is 0 Å². The molecule has 2 aliphatic carbocycles. The summed E-state index contributed by atoms with van der Waals surface area (Å²) >= 11 is 0. The van der Waals surface area contributed by atoms with Gasteiger partial charge in [0.05, 0.1) is 16.4 Å². The van der Waals surface area contributed by atoms with E-state index in [4.69, 9.17) is 0 Å². The summed E-state index contributed by atoms with van der Waals surface area (Å²) in [6.07, 6.45) is 6.00. The topological polar surface area (TPSA) is 54.4 Å². The van der Waals surface area contributed by atoms with Crippen molar-refractivity contribution in [3.63, 3.8) is 0 Å². The summed E-state index contributed by atoms with van der Waals surface area (Å²) in [6, 6.07) is 3.59. The fourth-order valence-corrected chi connectivity index (χ4v) is 3.77. The molecule has 0 spiro atoms.